The number of hydrogen-bond donors (Lipinski definition) is 14. The summed E-state index contributed by atoms with van der Waals surface area (Å²) in [6.07, 6.45) is 30.7. The van der Waals surface area contributed by atoms with Crippen molar-refractivity contribution in [3.63, 3.8) is 0 Å². The minimum atomic E-state index is -0.211. The second-order valence-electron chi connectivity index (χ2n) is 54.5. The van der Waals surface area contributed by atoms with E-state index in [9.17, 15) is 0 Å². The van der Waals surface area contributed by atoms with Crippen molar-refractivity contribution in [2.75, 3.05) is 65.4 Å². The highest BCUT2D eigenvalue weighted by atomic mass is 16.8. The molecular weight excluding hydrogens is 1730 g/mol. The summed E-state index contributed by atoms with van der Waals surface area (Å²) in [5.41, 5.74) is 12.9. The van der Waals surface area contributed by atoms with Crippen molar-refractivity contribution in [1.29, 1.82) is 0 Å². The molecule has 0 aliphatic carbocycles. The maximum atomic E-state index is 7.49. The highest BCUT2D eigenvalue weighted by Gasteiger charge is 2.51. The zero-order chi connectivity index (χ0) is 101. The Morgan fingerprint density at radius 1 is 0.254 bits per heavy atom. The van der Waals surface area contributed by atoms with Gasteiger partial charge in [-0.2, -0.15) is 0 Å². The fraction of sp³-hybridized carbons (Fsp3) is 0.887. The van der Waals surface area contributed by atoms with Gasteiger partial charge in [0.2, 0.25) is 0 Å². The van der Waals surface area contributed by atoms with E-state index in [2.05, 4.69) is 378 Å². The summed E-state index contributed by atoms with van der Waals surface area (Å²) in [7, 11) is 0. The molecule has 8 fully saturated rings. The Hall–Kier alpha value is -6.04. The fourth-order valence-corrected chi connectivity index (χ4v) is 27.5. The minimum Gasteiger partial charge on any atom is -0.369 e. The molecule has 0 aromatic carbocycles. The Kier molecular flexibility index (Phi) is 34.2. The Labute approximate surface area is 837 Å². The zero-order valence-corrected chi connectivity index (χ0v) is 93.9. The number of nitrogens with one attached hydrogen (secondary N) is 14. The zero-order valence-electron chi connectivity index (χ0n) is 93.9. The molecule has 12 heterocycles. The lowest BCUT2D eigenvalue weighted by Gasteiger charge is -2.51. The highest BCUT2D eigenvalue weighted by molar-refractivity contribution is 5.96. The van der Waals surface area contributed by atoms with E-state index in [1.165, 1.54) is 0 Å². The van der Waals surface area contributed by atoms with E-state index in [4.69, 9.17) is 39.8 Å². The molecule has 12 aliphatic heterocycles. The molecule has 0 atom stereocenters. The van der Waals surface area contributed by atoms with Crippen molar-refractivity contribution in [3.05, 3.63) is 47.6 Å². The quantitative estimate of drug-likeness (QED) is 0.0275. The first kappa shape index (κ1) is 111. The van der Waals surface area contributed by atoms with E-state index in [0.29, 0.717) is 39.3 Å². The largest absolute Gasteiger partial charge is 0.369 e. The highest BCUT2D eigenvalue weighted by Crippen LogP contribution is 2.42. The third-order valence-corrected chi connectivity index (χ3v) is 29.7. The number of rotatable bonds is 37. The van der Waals surface area contributed by atoms with Crippen LogP contribution in [0.5, 0.6) is 0 Å². The molecule has 0 radical (unpaired) electrons. The van der Waals surface area contributed by atoms with Gasteiger partial charge in [0.05, 0.1) is 24.4 Å². The Balaban J connectivity index is 1.01. The molecule has 8 saturated heterocycles. The van der Waals surface area contributed by atoms with Crippen LogP contribution in [0.25, 0.3) is 0 Å². The minimum absolute atomic E-state index is 0.110. The van der Waals surface area contributed by atoms with Crippen molar-refractivity contribution in [1.82, 2.24) is 125 Å². The van der Waals surface area contributed by atoms with Gasteiger partial charge in [0.1, 0.15) is 23.3 Å². The Morgan fingerprint density at radius 2 is 0.435 bits per heavy atom. The van der Waals surface area contributed by atoms with Crippen LogP contribution in [0.2, 0.25) is 0 Å². The summed E-state index contributed by atoms with van der Waals surface area (Å²) in [5.74, 6) is 6.90. The molecule has 32 heteroatoms. The molecule has 0 saturated carbocycles. The molecule has 12 rings (SSSR count). The smallest absolute Gasteiger partial charge is 0.157 e. The summed E-state index contributed by atoms with van der Waals surface area (Å²) in [4.78, 5) is 45.0. The van der Waals surface area contributed by atoms with Crippen LogP contribution < -0.4 is 74.9 Å². The lowest BCUT2D eigenvalue weighted by molar-refractivity contribution is -0.245. The molecule has 0 aromatic rings. The van der Waals surface area contributed by atoms with Crippen LogP contribution >= 0.6 is 0 Å². The van der Waals surface area contributed by atoms with Gasteiger partial charge in [0.15, 0.2) is 23.3 Å². The average Bonchev–Trinajstić information content (AvgIpc) is 0.776. The molecule has 0 unspecified atom stereocenters. The van der Waals surface area contributed by atoms with Crippen LogP contribution in [0.4, 0.5) is 0 Å². The maximum Gasteiger partial charge on any atom is 0.157 e. The fourth-order valence-electron chi connectivity index (χ4n) is 27.5. The maximum absolute atomic E-state index is 7.49. The number of unbranched alkanes of at least 4 members (excludes halogenated alkanes) is 4. The van der Waals surface area contributed by atoms with E-state index in [1.54, 1.807) is 21.1 Å². The van der Waals surface area contributed by atoms with E-state index in [0.717, 1.165) is 227 Å². The number of piperidine rings is 8. The molecule has 32 nitrogen and oxygen atoms in total. The number of hydrazone groups is 4. The topological polar surface area (TPSA) is 287 Å². The van der Waals surface area contributed by atoms with E-state index < -0.39 is 0 Å². The van der Waals surface area contributed by atoms with Gasteiger partial charge in [-0.05, 0) is 350 Å². The van der Waals surface area contributed by atoms with Crippen LogP contribution in [0.1, 0.15) is 403 Å². The molecule has 0 amide bonds. The molecule has 0 bridgehead atoms. The predicted octanol–water partition coefficient (Wildman–Crippen LogP) is 15.3. The van der Waals surface area contributed by atoms with Crippen LogP contribution in [-0.2, 0) is 19.4 Å². The Bertz CT molecular complexity index is 3900. The third kappa shape index (κ3) is 32.2. The van der Waals surface area contributed by atoms with Crippen molar-refractivity contribution in [2.45, 2.75) is 541 Å². The first-order valence-electron chi connectivity index (χ1n) is 54.2. The molecule has 14 N–H and O–H groups in total. The number of hydrazine groups is 4. The van der Waals surface area contributed by atoms with Crippen LogP contribution in [-0.4, -0.2) is 277 Å². The van der Waals surface area contributed by atoms with Crippen molar-refractivity contribution < 1.29 is 19.4 Å². The van der Waals surface area contributed by atoms with Gasteiger partial charge in [0.25, 0.3) is 0 Å². The van der Waals surface area contributed by atoms with E-state index >= 15 is 0 Å². The molecule has 0 aromatic heterocycles. The average molecular weight is 1930 g/mol. The van der Waals surface area contributed by atoms with Crippen LogP contribution in [0.15, 0.2) is 68.0 Å². The second-order valence-corrected chi connectivity index (χ2v) is 54.5. The summed E-state index contributed by atoms with van der Waals surface area (Å²) >= 11 is 0. The predicted molar refractivity (Wildman–Crippen MR) is 566 cm³/mol. The summed E-state index contributed by atoms with van der Waals surface area (Å²) < 4.78 is 0. The molecule has 12 aliphatic rings. The van der Waals surface area contributed by atoms with E-state index in [1.807, 2.05) is 0 Å². The van der Waals surface area contributed by atoms with Gasteiger partial charge in [-0.25, -0.2) is 41.1 Å². The molecule has 0 spiro atoms. The number of amidine groups is 4. The van der Waals surface area contributed by atoms with Crippen LogP contribution in [0.3, 0.4) is 0 Å². The van der Waals surface area contributed by atoms with Crippen molar-refractivity contribution >= 4 is 23.3 Å². The summed E-state index contributed by atoms with van der Waals surface area (Å²) in [6.45, 7) is 90.3. The summed E-state index contributed by atoms with van der Waals surface area (Å²) in [5, 5.41) is 69.4. The molecule has 138 heavy (non-hydrogen) atoms. The molecule has 790 valence electrons. The van der Waals surface area contributed by atoms with Gasteiger partial charge in [-0.3, -0.25) is 0 Å². The van der Waals surface area contributed by atoms with Gasteiger partial charge in [-0.15, -0.1) is 20.4 Å². The van der Waals surface area contributed by atoms with Gasteiger partial charge >= 0.3 is 0 Å². The normalized spacial score (nSPS) is 26.6. The van der Waals surface area contributed by atoms with Gasteiger partial charge in [0, 0.05) is 203 Å². The standard InChI is InChI=1S/C106H202N28O4/c1-37-41-47-127(75-59-91(5,6)117-92(7,8)60-75)87-55-83(109-131(113-87)135-79-67-99(21,22)121-100(23,24)68-79)107-45-51-125(85-57-89(115-133(111-85)137-81-71-103(29,30)123-104(31,32)72-81)129(49-43-39-3)77-63-95(13,14)119-96(15,16)64-77)53-54-126(86-58-90(116-134(112-86)138-82-73-105(33,34)124-106(35,36)74-82)130(50-44-40-4)78-65-97(17,18)120-98(19,20)66-78)52-46-108-84-56-88(114-132(110-84)136-80-69-101(25,26)122-102(27,28)70-80)128(48-42-38-2)76-61-93(9,10)118-94(11,12)62-76/h55-58,75-82,107-112,117-124H,37-54,59-74H2,1-36H3. The van der Waals surface area contributed by atoms with E-state index in [-0.39, 0.29) is 137 Å². The van der Waals surface area contributed by atoms with Crippen molar-refractivity contribution in [2.24, 2.45) is 20.4 Å². The van der Waals surface area contributed by atoms with Crippen LogP contribution in [0, 0.1) is 0 Å². The molecular formula is C106H202N28O4. The first-order chi connectivity index (χ1) is 63.7. The lowest BCUT2D eigenvalue weighted by atomic mass is 9.79. The summed E-state index contributed by atoms with van der Waals surface area (Å²) in [6, 6.07) is 0.735. The monoisotopic (exact) mass is 1930 g/mol. The van der Waals surface area contributed by atoms with Gasteiger partial charge in [-0.1, -0.05) is 74.5 Å². The Morgan fingerprint density at radius 3 is 0.630 bits per heavy atom. The van der Waals surface area contributed by atoms with Gasteiger partial charge < -0.3 is 82.6 Å². The third-order valence-electron chi connectivity index (χ3n) is 29.7. The SMILES string of the molecule is CCCCN(C1=NN(OC2CC(C)(C)NC(C)(C)C2)NC(NCCN(CCN(CCNC2=CC(N(CCCC)C3CC(C)(C)NC(C)(C)C3)=NN(OC3CC(C)(C)NC(C)(C)C3)N2)C2=CC(N(CCCC)C3CC(C)(C)NC(C)(C)C3)=NN(OC3CC(C)(C)NC(C)(C)C3)N2)C2=CC(N(CCCC)C3CC(C)(C)NC(C)(C)C3)=NN(OC3CC(C)(C)NC(C)(C)C3)N2)=C1)C1CC(C)(C)NC(C)(C)C1. The number of nitrogens with zero attached hydrogens (tertiary/aromatic N) is 14. The lowest BCUT2D eigenvalue weighted by Crippen LogP contribution is -2.63. The van der Waals surface area contributed by atoms with Crippen molar-refractivity contribution in [3.8, 4) is 0 Å². The number of hydrogen-bond acceptors (Lipinski definition) is 32. The second kappa shape index (κ2) is 42.6. The first-order valence-corrected chi connectivity index (χ1v) is 54.2.